The Kier molecular flexibility index (Phi) is 6.32. The zero-order valence-electron chi connectivity index (χ0n) is 10.7. The predicted molar refractivity (Wildman–Crippen MR) is 72.2 cm³/mol. The van der Waals surface area contributed by atoms with Crippen LogP contribution in [0.4, 0.5) is 11.6 Å². The van der Waals surface area contributed by atoms with Gasteiger partial charge in [0.25, 0.3) is 0 Å². The second-order valence-corrected chi connectivity index (χ2v) is 4.26. The number of nitrogens with zero attached hydrogens (tertiary/aromatic N) is 2. The van der Waals surface area contributed by atoms with Crippen molar-refractivity contribution in [2.24, 2.45) is 5.73 Å². The number of nitrogens with two attached hydrogens (primary N) is 1. The molecule has 0 aliphatic carbocycles. The molecule has 1 aromatic heterocycles. The molecule has 0 spiro atoms. The van der Waals surface area contributed by atoms with Gasteiger partial charge < -0.3 is 16.4 Å². The van der Waals surface area contributed by atoms with Crippen LogP contribution in [0.1, 0.15) is 33.1 Å². The van der Waals surface area contributed by atoms with E-state index in [-0.39, 0.29) is 6.04 Å². The van der Waals surface area contributed by atoms with Crippen LogP contribution in [-0.4, -0.2) is 29.1 Å². The van der Waals surface area contributed by atoms with Gasteiger partial charge in [0.05, 0.1) is 0 Å². The summed E-state index contributed by atoms with van der Waals surface area (Å²) in [7, 11) is 0. The molecule has 0 saturated heterocycles. The van der Waals surface area contributed by atoms with Crippen molar-refractivity contribution in [1.29, 1.82) is 0 Å². The number of nitrogens with one attached hydrogen (secondary N) is 2. The Morgan fingerprint density at radius 2 is 1.88 bits per heavy atom. The minimum atomic E-state index is 0.214. The summed E-state index contributed by atoms with van der Waals surface area (Å²) >= 11 is 0. The van der Waals surface area contributed by atoms with E-state index in [9.17, 15) is 0 Å². The van der Waals surface area contributed by atoms with Gasteiger partial charge in [0.2, 0.25) is 0 Å². The summed E-state index contributed by atoms with van der Waals surface area (Å²) in [5, 5.41) is 6.51. The molecule has 0 amide bonds. The van der Waals surface area contributed by atoms with Crippen molar-refractivity contribution in [2.45, 2.75) is 39.2 Å². The van der Waals surface area contributed by atoms with Gasteiger partial charge in [0, 0.05) is 25.2 Å². The van der Waals surface area contributed by atoms with Gasteiger partial charge in [-0.1, -0.05) is 13.3 Å². The van der Waals surface area contributed by atoms with E-state index in [4.69, 9.17) is 5.73 Å². The van der Waals surface area contributed by atoms with Crippen LogP contribution in [0.2, 0.25) is 0 Å². The number of hydrogen-bond acceptors (Lipinski definition) is 5. The fourth-order valence-electron chi connectivity index (χ4n) is 1.37. The molecule has 1 unspecified atom stereocenters. The molecule has 17 heavy (non-hydrogen) atoms. The molecule has 5 nitrogen and oxygen atoms in total. The first-order valence-corrected chi connectivity index (χ1v) is 6.27. The topological polar surface area (TPSA) is 75.9 Å². The highest BCUT2D eigenvalue weighted by atomic mass is 15.1. The van der Waals surface area contributed by atoms with Gasteiger partial charge in [0.15, 0.2) is 0 Å². The number of hydrogen-bond donors (Lipinski definition) is 3. The van der Waals surface area contributed by atoms with Crippen LogP contribution in [0, 0.1) is 0 Å². The van der Waals surface area contributed by atoms with E-state index in [1.165, 1.54) is 6.42 Å². The Hall–Kier alpha value is -1.36. The molecule has 0 bridgehead atoms. The largest absolute Gasteiger partial charge is 0.370 e. The summed E-state index contributed by atoms with van der Waals surface area (Å²) < 4.78 is 0. The van der Waals surface area contributed by atoms with Crippen molar-refractivity contribution in [1.82, 2.24) is 9.97 Å². The summed E-state index contributed by atoms with van der Waals surface area (Å²) in [4.78, 5) is 8.33. The monoisotopic (exact) mass is 237 g/mol. The van der Waals surface area contributed by atoms with E-state index in [0.29, 0.717) is 0 Å². The molecule has 1 heterocycles. The summed E-state index contributed by atoms with van der Waals surface area (Å²) in [6, 6.07) is 2.14. The van der Waals surface area contributed by atoms with Gasteiger partial charge in [-0.2, -0.15) is 0 Å². The number of anilines is 2. The Labute approximate surface area is 103 Å². The molecule has 1 rings (SSSR count). The van der Waals surface area contributed by atoms with Gasteiger partial charge >= 0.3 is 0 Å². The Morgan fingerprint density at radius 1 is 1.24 bits per heavy atom. The average molecular weight is 237 g/mol. The van der Waals surface area contributed by atoms with Gasteiger partial charge in [-0.3, -0.25) is 0 Å². The molecule has 0 aliphatic heterocycles. The smallest absolute Gasteiger partial charge is 0.131 e. The van der Waals surface area contributed by atoms with Crippen molar-refractivity contribution in [3.63, 3.8) is 0 Å². The maximum absolute atomic E-state index is 5.68. The predicted octanol–water partition coefficient (Wildman–Crippen LogP) is 1.84. The number of rotatable bonds is 8. The van der Waals surface area contributed by atoms with Crippen LogP contribution in [0.5, 0.6) is 0 Å². The lowest BCUT2D eigenvalue weighted by atomic mass is 10.2. The fourth-order valence-corrected chi connectivity index (χ4v) is 1.37. The fraction of sp³-hybridized carbons (Fsp3) is 0.667. The molecule has 0 fully saturated rings. The second kappa shape index (κ2) is 7.84. The first-order valence-electron chi connectivity index (χ1n) is 6.27. The van der Waals surface area contributed by atoms with E-state index >= 15 is 0 Å². The molecule has 0 aromatic carbocycles. The third-order valence-corrected chi connectivity index (χ3v) is 2.41. The molecule has 0 radical (unpaired) electrons. The van der Waals surface area contributed by atoms with Crippen LogP contribution in [0.25, 0.3) is 0 Å². The summed E-state index contributed by atoms with van der Waals surface area (Å²) in [6.07, 6.45) is 4.83. The van der Waals surface area contributed by atoms with E-state index in [2.05, 4.69) is 27.5 Å². The lowest BCUT2D eigenvalue weighted by Crippen LogP contribution is -2.19. The molecule has 1 aromatic rings. The molecular formula is C12H23N5. The van der Waals surface area contributed by atoms with E-state index in [1.54, 1.807) is 6.33 Å². The first-order chi connectivity index (χ1) is 8.22. The minimum absolute atomic E-state index is 0.214. The Bertz CT molecular complexity index is 314. The van der Waals surface area contributed by atoms with Gasteiger partial charge in [-0.25, -0.2) is 9.97 Å². The van der Waals surface area contributed by atoms with Gasteiger partial charge in [-0.15, -0.1) is 0 Å². The zero-order valence-corrected chi connectivity index (χ0v) is 10.7. The lowest BCUT2D eigenvalue weighted by Gasteiger charge is -2.09. The number of aromatic nitrogens is 2. The van der Waals surface area contributed by atoms with Crippen molar-refractivity contribution in [3.8, 4) is 0 Å². The SMILES string of the molecule is CCCCNc1cc(NCCC(C)N)ncn1. The van der Waals surface area contributed by atoms with Crippen molar-refractivity contribution in [3.05, 3.63) is 12.4 Å². The van der Waals surface area contributed by atoms with E-state index < -0.39 is 0 Å². The maximum Gasteiger partial charge on any atom is 0.131 e. The van der Waals surface area contributed by atoms with Gasteiger partial charge in [-0.05, 0) is 19.8 Å². The minimum Gasteiger partial charge on any atom is -0.370 e. The van der Waals surface area contributed by atoms with Crippen LogP contribution < -0.4 is 16.4 Å². The Balaban J connectivity index is 2.37. The molecule has 4 N–H and O–H groups in total. The molecule has 5 heteroatoms. The lowest BCUT2D eigenvalue weighted by molar-refractivity contribution is 0.689. The third-order valence-electron chi connectivity index (χ3n) is 2.41. The summed E-state index contributed by atoms with van der Waals surface area (Å²) in [5.41, 5.74) is 5.68. The number of unbranched alkanes of at least 4 members (excludes halogenated alkanes) is 1. The Morgan fingerprint density at radius 3 is 2.47 bits per heavy atom. The second-order valence-electron chi connectivity index (χ2n) is 4.26. The zero-order chi connectivity index (χ0) is 12.5. The molecule has 0 saturated carbocycles. The van der Waals surface area contributed by atoms with E-state index in [1.807, 2.05) is 13.0 Å². The maximum atomic E-state index is 5.68. The van der Waals surface area contributed by atoms with E-state index in [0.717, 1.165) is 37.6 Å². The molecule has 1 atom stereocenters. The quantitative estimate of drug-likeness (QED) is 0.601. The molecule has 0 aliphatic rings. The summed E-state index contributed by atoms with van der Waals surface area (Å²) in [5.74, 6) is 1.72. The van der Waals surface area contributed by atoms with Crippen LogP contribution in [0.15, 0.2) is 12.4 Å². The van der Waals surface area contributed by atoms with Crippen LogP contribution >= 0.6 is 0 Å². The normalized spacial score (nSPS) is 12.2. The highest BCUT2D eigenvalue weighted by molar-refractivity contribution is 5.46. The van der Waals surface area contributed by atoms with Crippen molar-refractivity contribution < 1.29 is 0 Å². The van der Waals surface area contributed by atoms with Crippen molar-refractivity contribution in [2.75, 3.05) is 23.7 Å². The van der Waals surface area contributed by atoms with Crippen LogP contribution in [-0.2, 0) is 0 Å². The summed E-state index contributed by atoms with van der Waals surface area (Å²) in [6.45, 7) is 5.96. The molecular weight excluding hydrogens is 214 g/mol. The third kappa shape index (κ3) is 6.06. The van der Waals surface area contributed by atoms with Gasteiger partial charge in [0.1, 0.15) is 18.0 Å². The highest BCUT2D eigenvalue weighted by Crippen LogP contribution is 2.08. The first kappa shape index (κ1) is 13.7. The molecule has 96 valence electrons. The standard InChI is InChI=1S/C12H23N5/c1-3-4-6-14-11-8-12(17-9-16-11)15-7-5-10(2)13/h8-10H,3-7,13H2,1-2H3,(H2,14,15,16,17). The highest BCUT2D eigenvalue weighted by Gasteiger charge is 1.98. The van der Waals surface area contributed by atoms with Crippen LogP contribution in [0.3, 0.4) is 0 Å². The average Bonchev–Trinajstić information content (AvgIpc) is 2.29. The van der Waals surface area contributed by atoms with Crippen molar-refractivity contribution >= 4 is 11.6 Å².